The van der Waals surface area contributed by atoms with Gasteiger partial charge in [-0.15, -0.1) is 0 Å². The van der Waals surface area contributed by atoms with Crippen LogP contribution in [0.1, 0.15) is 61.9 Å². The van der Waals surface area contributed by atoms with Crippen molar-refractivity contribution in [2.24, 2.45) is 5.92 Å². The lowest BCUT2D eigenvalue weighted by Gasteiger charge is -2.25. The zero-order valence-corrected chi connectivity index (χ0v) is 39.9. The van der Waals surface area contributed by atoms with Crippen molar-refractivity contribution < 1.29 is 0 Å². The first-order valence-corrected chi connectivity index (χ1v) is 24.8. The van der Waals surface area contributed by atoms with E-state index in [0.717, 1.165) is 44.9 Å². The van der Waals surface area contributed by atoms with Crippen LogP contribution in [0.25, 0.3) is 105 Å². The van der Waals surface area contributed by atoms with Crippen LogP contribution < -0.4 is 0 Å². The fraction of sp³-hybridized carbons (Fsp3) is 0.118. The molecule has 0 N–H and O–H groups in total. The molecule has 2 aromatic heterocycles. The zero-order valence-electron chi connectivity index (χ0n) is 39.9. The molecule has 14 rings (SSSR count). The maximum absolute atomic E-state index is 5.21. The van der Waals surface area contributed by atoms with Gasteiger partial charge in [0.15, 0.2) is 0 Å². The Hall–Kier alpha value is -8.20. The first-order chi connectivity index (χ1) is 34.2. The summed E-state index contributed by atoms with van der Waals surface area (Å²) in [6, 6.07) is 63.5. The van der Waals surface area contributed by atoms with Crippen molar-refractivity contribution >= 4 is 38.2 Å². The molecular weight excluding hydrogens is 845 g/mol. The molecule has 0 spiro atoms. The molecule has 2 heteroatoms. The highest BCUT2D eigenvalue weighted by Crippen LogP contribution is 2.53. The summed E-state index contributed by atoms with van der Waals surface area (Å²) in [5.74, 6) is 0.454. The summed E-state index contributed by atoms with van der Waals surface area (Å²) in [6.07, 6.45) is 16.6. The number of rotatable bonds is 5. The van der Waals surface area contributed by atoms with Crippen molar-refractivity contribution in [1.29, 1.82) is 0 Å². The number of hydrogen-bond acceptors (Lipinski definition) is 2. The van der Waals surface area contributed by atoms with Crippen LogP contribution in [0.15, 0.2) is 218 Å². The summed E-state index contributed by atoms with van der Waals surface area (Å²) in [7, 11) is 0. The van der Waals surface area contributed by atoms with E-state index in [-0.39, 0.29) is 10.8 Å². The summed E-state index contributed by atoms with van der Waals surface area (Å²) < 4.78 is 0. The molecule has 0 bridgehead atoms. The molecule has 8 aromatic carbocycles. The number of benzene rings is 8. The predicted octanol–water partition coefficient (Wildman–Crippen LogP) is 17.7. The van der Waals surface area contributed by atoms with Gasteiger partial charge in [-0.05, 0) is 161 Å². The molecule has 0 fully saturated rings. The fourth-order valence-corrected chi connectivity index (χ4v) is 12.4. The van der Waals surface area contributed by atoms with Crippen LogP contribution in [0.5, 0.6) is 0 Å². The first kappa shape index (κ1) is 40.8. The first-order valence-electron chi connectivity index (χ1n) is 24.8. The second-order valence-electron chi connectivity index (χ2n) is 20.9. The Morgan fingerprint density at radius 2 is 1.07 bits per heavy atom. The highest BCUT2D eigenvalue weighted by atomic mass is 14.7. The Bertz CT molecular complexity index is 4020. The predicted molar refractivity (Wildman–Crippen MR) is 294 cm³/mol. The molecule has 4 aliphatic rings. The van der Waals surface area contributed by atoms with E-state index in [1.165, 1.54) is 100.0 Å². The minimum absolute atomic E-state index is 0.155. The number of para-hydroxylation sites is 1. The monoisotopic (exact) mass is 894 g/mol. The number of pyridine rings is 2. The Morgan fingerprint density at radius 1 is 0.443 bits per heavy atom. The van der Waals surface area contributed by atoms with Gasteiger partial charge in [0.05, 0.1) is 16.7 Å². The molecule has 332 valence electrons. The topological polar surface area (TPSA) is 25.8 Å². The van der Waals surface area contributed by atoms with Gasteiger partial charge in [0.1, 0.15) is 0 Å². The minimum Gasteiger partial charge on any atom is -0.256 e. The van der Waals surface area contributed by atoms with E-state index < -0.39 is 0 Å². The van der Waals surface area contributed by atoms with Crippen LogP contribution in [0, 0.1) is 5.92 Å². The van der Waals surface area contributed by atoms with Crippen LogP contribution in [0.2, 0.25) is 0 Å². The van der Waals surface area contributed by atoms with Crippen molar-refractivity contribution in [3.05, 3.63) is 246 Å². The molecule has 1 atom stereocenters. The molecule has 0 radical (unpaired) electrons. The normalized spacial score (nSPS) is 16.7. The van der Waals surface area contributed by atoms with Crippen LogP contribution in [-0.4, -0.2) is 9.97 Å². The van der Waals surface area contributed by atoms with E-state index >= 15 is 0 Å². The van der Waals surface area contributed by atoms with Crippen molar-refractivity contribution in [3.8, 4) is 66.9 Å². The average Bonchev–Trinajstić information content (AvgIpc) is 3.77. The largest absolute Gasteiger partial charge is 0.256 e. The maximum Gasteiger partial charge on any atom is 0.0786 e. The van der Waals surface area contributed by atoms with Crippen LogP contribution >= 0.6 is 0 Å². The van der Waals surface area contributed by atoms with Crippen LogP contribution in [-0.2, 0) is 10.8 Å². The highest BCUT2D eigenvalue weighted by Gasteiger charge is 2.38. The molecule has 1 unspecified atom stereocenters. The third kappa shape index (κ3) is 6.19. The number of aromatic nitrogens is 2. The number of allylic oxidation sites excluding steroid dienone is 8. The number of hydrogen-bond donors (Lipinski definition) is 0. The van der Waals surface area contributed by atoms with E-state index in [4.69, 9.17) is 9.97 Å². The summed E-state index contributed by atoms with van der Waals surface area (Å²) in [6.45, 7) is 9.55. The molecule has 0 amide bonds. The van der Waals surface area contributed by atoms with Crippen molar-refractivity contribution in [1.82, 2.24) is 9.97 Å². The van der Waals surface area contributed by atoms with Gasteiger partial charge in [-0.2, -0.15) is 0 Å². The third-order valence-corrected chi connectivity index (χ3v) is 16.3. The Labute approximate surface area is 409 Å². The second kappa shape index (κ2) is 15.1. The average molecular weight is 895 g/mol. The smallest absolute Gasteiger partial charge is 0.0786 e. The minimum atomic E-state index is -0.211. The summed E-state index contributed by atoms with van der Waals surface area (Å²) in [5.41, 5.74) is 25.9. The van der Waals surface area contributed by atoms with E-state index in [2.05, 4.69) is 234 Å². The molecule has 70 heavy (non-hydrogen) atoms. The van der Waals surface area contributed by atoms with Crippen LogP contribution in [0.4, 0.5) is 0 Å². The third-order valence-electron chi connectivity index (χ3n) is 16.3. The van der Waals surface area contributed by atoms with E-state index in [9.17, 15) is 0 Å². The molecule has 0 saturated carbocycles. The highest BCUT2D eigenvalue weighted by molar-refractivity contribution is 6.15. The quantitative estimate of drug-likeness (QED) is 0.161. The van der Waals surface area contributed by atoms with Gasteiger partial charge in [0.2, 0.25) is 0 Å². The van der Waals surface area contributed by atoms with Crippen molar-refractivity contribution in [3.63, 3.8) is 0 Å². The Balaban J connectivity index is 0.858. The maximum atomic E-state index is 5.21. The summed E-state index contributed by atoms with van der Waals surface area (Å²) in [5, 5.41) is 4.68. The SMILES string of the molecule is CC1(C)c2cc(-c3ccc4ccccc4n3)ccc2-c2ccc(-c3cc(-c4ccccc4)cc4c3ccc3c(-c5ccc6c(c5)C(C)(C)c5cc(C7=CC=C8C=CC=CC8C7)ccc5-6)ccnc34)cc21. The van der Waals surface area contributed by atoms with E-state index in [0.29, 0.717) is 5.92 Å². The lowest BCUT2D eigenvalue weighted by Crippen LogP contribution is -2.15. The fourth-order valence-electron chi connectivity index (χ4n) is 12.4. The molecule has 4 aliphatic carbocycles. The van der Waals surface area contributed by atoms with Gasteiger partial charge in [-0.25, -0.2) is 4.98 Å². The van der Waals surface area contributed by atoms with Gasteiger partial charge in [-0.3, -0.25) is 4.98 Å². The standard InChI is InChI=1S/C68H50N2/c1-67(2)60-37-46(45-19-18-42-14-8-9-16-44(42)34-45)20-25-53(60)54-26-21-47(38-61(54)67)51-32-33-69-66-57(51)30-29-52-58(35-50(36-59(52)66)41-12-6-5-7-13-41)48-22-27-55-56-28-23-49(40-63(56)68(3,4)62(55)39-48)65-31-24-43-15-10-11-17-64(43)70-65/h5-33,35-40,44H,34H2,1-4H3. The number of fused-ring (bicyclic) bond motifs is 11. The molecule has 2 nitrogen and oxygen atoms in total. The van der Waals surface area contributed by atoms with Gasteiger partial charge in [0.25, 0.3) is 0 Å². The van der Waals surface area contributed by atoms with Crippen molar-refractivity contribution in [2.75, 3.05) is 0 Å². The lowest BCUT2D eigenvalue weighted by molar-refractivity contribution is 0.660. The van der Waals surface area contributed by atoms with Gasteiger partial charge >= 0.3 is 0 Å². The number of nitrogens with zero attached hydrogens (tertiary/aromatic N) is 2. The Morgan fingerprint density at radius 3 is 1.81 bits per heavy atom. The molecular formula is C68H50N2. The lowest BCUT2D eigenvalue weighted by atomic mass is 9.79. The van der Waals surface area contributed by atoms with Gasteiger partial charge in [-0.1, -0.05) is 179 Å². The molecule has 0 aliphatic heterocycles. The summed E-state index contributed by atoms with van der Waals surface area (Å²) in [4.78, 5) is 10.3. The van der Waals surface area contributed by atoms with Gasteiger partial charge in [0, 0.05) is 44.7 Å². The van der Waals surface area contributed by atoms with Crippen LogP contribution in [0.3, 0.4) is 0 Å². The summed E-state index contributed by atoms with van der Waals surface area (Å²) >= 11 is 0. The Kier molecular flexibility index (Phi) is 8.84. The zero-order chi connectivity index (χ0) is 46.9. The van der Waals surface area contributed by atoms with Crippen molar-refractivity contribution in [2.45, 2.75) is 44.9 Å². The van der Waals surface area contributed by atoms with E-state index in [1.54, 1.807) is 0 Å². The molecule has 2 heterocycles. The molecule has 10 aromatic rings. The van der Waals surface area contributed by atoms with Gasteiger partial charge < -0.3 is 0 Å². The second-order valence-corrected chi connectivity index (χ2v) is 20.9. The molecule has 0 saturated heterocycles. The van der Waals surface area contributed by atoms with E-state index in [1.807, 2.05) is 6.20 Å².